The number of hydrogen-bond acceptors (Lipinski definition) is 1. The first-order valence-electron chi connectivity index (χ1n) is 25.8. The maximum absolute atomic E-state index is 2.42. The lowest BCUT2D eigenvalue weighted by atomic mass is 9.97. The van der Waals surface area contributed by atoms with E-state index in [-0.39, 0.29) is 0 Å². The molecule has 0 unspecified atom stereocenters. The molecule has 3 nitrogen and oxygen atoms in total. The van der Waals surface area contributed by atoms with Gasteiger partial charge in [-0.3, -0.25) is 0 Å². The summed E-state index contributed by atoms with van der Waals surface area (Å²) in [6.45, 7) is 0. The van der Waals surface area contributed by atoms with Gasteiger partial charge in [-0.05, 0) is 106 Å². The largest absolute Gasteiger partial charge is 0.310 e. The maximum atomic E-state index is 2.42. The lowest BCUT2D eigenvalue weighted by Crippen LogP contribution is -2.11. The highest BCUT2D eigenvalue weighted by Crippen LogP contribution is 2.44. The normalized spacial score (nSPS) is 11.5. The first kappa shape index (κ1) is 43.8. The van der Waals surface area contributed by atoms with Crippen LogP contribution < -0.4 is 4.90 Å². The van der Waals surface area contributed by atoms with Crippen molar-refractivity contribution in [2.75, 3.05) is 4.90 Å². The molecule has 0 saturated heterocycles. The number of aromatic nitrogens is 2. The van der Waals surface area contributed by atoms with Crippen molar-refractivity contribution < 1.29 is 0 Å². The van der Waals surface area contributed by atoms with Gasteiger partial charge >= 0.3 is 0 Å². The Morgan fingerprint density at radius 3 is 0.907 bits per heavy atom. The zero-order valence-corrected chi connectivity index (χ0v) is 41.1. The Morgan fingerprint density at radius 2 is 0.480 bits per heavy atom. The van der Waals surface area contributed by atoms with E-state index in [0.29, 0.717) is 0 Å². The van der Waals surface area contributed by atoms with E-state index < -0.39 is 0 Å². The van der Waals surface area contributed by atoms with Crippen LogP contribution in [-0.4, -0.2) is 9.13 Å². The lowest BCUT2D eigenvalue weighted by Gasteiger charge is -2.28. The van der Waals surface area contributed by atoms with Crippen LogP contribution in [0.5, 0.6) is 0 Å². The SMILES string of the molecule is c1ccc(-c2ccc(-c3ccccc3N(c3ccc(-c4ccc(-c5ccccc5-n5c6ccccc6c6ccccc65)cc4)cc3)c3ccc(-c4ccccc4-n4c5ccccc5c5ccccc54)cc3)cc2)cc1. The van der Waals surface area contributed by atoms with Gasteiger partial charge in [-0.2, -0.15) is 0 Å². The molecule has 0 radical (unpaired) electrons. The summed E-state index contributed by atoms with van der Waals surface area (Å²) in [5.41, 5.74) is 22.1. The Labute approximate surface area is 436 Å². The van der Waals surface area contributed by atoms with Gasteiger partial charge in [0.15, 0.2) is 0 Å². The van der Waals surface area contributed by atoms with Crippen LogP contribution in [0.1, 0.15) is 0 Å². The molecular formula is C72H49N3. The van der Waals surface area contributed by atoms with Gasteiger partial charge in [0.2, 0.25) is 0 Å². The molecule has 14 rings (SSSR count). The first-order chi connectivity index (χ1) is 37.2. The van der Waals surface area contributed by atoms with Crippen LogP contribution in [0.15, 0.2) is 297 Å². The van der Waals surface area contributed by atoms with E-state index in [4.69, 9.17) is 0 Å². The van der Waals surface area contributed by atoms with E-state index >= 15 is 0 Å². The molecule has 0 saturated carbocycles. The van der Waals surface area contributed by atoms with Crippen molar-refractivity contribution in [2.24, 2.45) is 0 Å². The maximum Gasteiger partial charge on any atom is 0.0541 e. The quantitative estimate of drug-likeness (QED) is 0.133. The molecular weight excluding hydrogens is 907 g/mol. The number of rotatable bonds is 10. The minimum absolute atomic E-state index is 1.07. The van der Waals surface area contributed by atoms with Gasteiger partial charge in [0, 0.05) is 49.6 Å². The van der Waals surface area contributed by atoms with Crippen molar-refractivity contribution in [1.29, 1.82) is 0 Å². The molecule has 12 aromatic carbocycles. The van der Waals surface area contributed by atoms with E-state index in [1.807, 2.05) is 0 Å². The average Bonchev–Trinajstić information content (AvgIpc) is 4.02. The average molecular weight is 956 g/mol. The molecule has 0 amide bonds. The van der Waals surface area contributed by atoms with Crippen molar-refractivity contribution in [3.63, 3.8) is 0 Å². The predicted octanol–water partition coefficient (Wildman–Crippen LogP) is 19.7. The molecule has 2 heterocycles. The molecule has 0 spiro atoms. The standard InChI is InChI=1S/C72H49N3/c1-2-18-50(19-3-1)51-34-38-54(39-35-51)59-20-4-11-27-66(59)73(58-48-44-56(45-49-58)61-22-6-13-29-68(61)75-71-32-16-9-25-64(71)65-26-10-17-33-72(65)75)57-46-42-53(43-47-57)52-36-40-55(41-37-52)60-21-5-12-28-67(60)74-69-30-14-7-23-62(69)63-24-8-15-31-70(63)74/h1-49H. The molecule has 0 N–H and O–H groups in total. The van der Waals surface area contributed by atoms with Crippen LogP contribution in [0, 0.1) is 0 Å². The van der Waals surface area contributed by atoms with Gasteiger partial charge in [0.25, 0.3) is 0 Å². The Balaban J connectivity index is 0.838. The van der Waals surface area contributed by atoms with Crippen molar-refractivity contribution in [3.8, 4) is 67.0 Å². The third kappa shape index (κ3) is 7.69. The Hall–Kier alpha value is -9.96. The molecule has 0 aliphatic rings. The fraction of sp³-hybridized carbons (Fsp3) is 0. The Morgan fingerprint density at radius 1 is 0.200 bits per heavy atom. The third-order valence-electron chi connectivity index (χ3n) is 15.0. The number of anilines is 3. The smallest absolute Gasteiger partial charge is 0.0541 e. The summed E-state index contributed by atoms with van der Waals surface area (Å²) in [5, 5.41) is 5.02. The highest BCUT2D eigenvalue weighted by Gasteiger charge is 2.20. The lowest BCUT2D eigenvalue weighted by molar-refractivity contribution is 1.18. The molecule has 0 bridgehead atoms. The van der Waals surface area contributed by atoms with Crippen molar-refractivity contribution in [3.05, 3.63) is 297 Å². The summed E-state index contributed by atoms with van der Waals surface area (Å²) in [4.78, 5) is 2.40. The van der Waals surface area contributed by atoms with Gasteiger partial charge in [-0.25, -0.2) is 0 Å². The van der Waals surface area contributed by atoms with Crippen molar-refractivity contribution in [1.82, 2.24) is 9.13 Å². The van der Waals surface area contributed by atoms with E-state index in [9.17, 15) is 0 Å². The van der Waals surface area contributed by atoms with Gasteiger partial charge < -0.3 is 14.0 Å². The molecule has 352 valence electrons. The summed E-state index contributed by atoms with van der Waals surface area (Å²) in [5.74, 6) is 0. The summed E-state index contributed by atoms with van der Waals surface area (Å²) in [7, 11) is 0. The van der Waals surface area contributed by atoms with Crippen LogP contribution in [0.4, 0.5) is 17.1 Å². The number of para-hydroxylation sites is 7. The van der Waals surface area contributed by atoms with Crippen LogP contribution in [-0.2, 0) is 0 Å². The summed E-state index contributed by atoms with van der Waals surface area (Å²) >= 11 is 0. The second-order valence-corrected chi connectivity index (χ2v) is 19.2. The molecule has 75 heavy (non-hydrogen) atoms. The number of nitrogens with zero attached hydrogens (tertiary/aromatic N) is 3. The van der Waals surface area contributed by atoms with Gasteiger partial charge in [0.05, 0.1) is 39.1 Å². The van der Waals surface area contributed by atoms with Crippen LogP contribution in [0.25, 0.3) is 111 Å². The second kappa shape index (κ2) is 18.6. The minimum Gasteiger partial charge on any atom is -0.310 e. The predicted molar refractivity (Wildman–Crippen MR) is 317 cm³/mol. The van der Waals surface area contributed by atoms with E-state index in [1.165, 1.54) is 77.1 Å². The highest BCUT2D eigenvalue weighted by atomic mass is 15.1. The van der Waals surface area contributed by atoms with E-state index in [0.717, 1.165) is 50.6 Å². The molecule has 0 atom stereocenters. The Kier molecular flexibility index (Phi) is 10.8. The molecule has 0 aliphatic heterocycles. The molecule has 0 aliphatic carbocycles. The second-order valence-electron chi connectivity index (χ2n) is 19.2. The third-order valence-corrected chi connectivity index (χ3v) is 15.0. The minimum atomic E-state index is 1.07. The fourth-order valence-corrected chi connectivity index (χ4v) is 11.4. The number of hydrogen-bond donors (Lipinski definition) is 0. The first-order valence-corrected chi connectivity index (χ1v) is 25.8. The van der Waals surface area contributed by atoms with Crippen LogP contribution in [0.2, 0.25) is 0 Å². The highest BCUT2D eigenvalue weighted by molar-refractivity contribution is 6.11. The monoisotopic (exact) mass is 955 g/mol. The molecule has 14 aromatic rings. The fourth-order valence-electron chi connectivity index (χ4n) is 11.4. The molecule has 3 heteroatoms. The van der Waals surface area contributed by atoms with Crippen molar-refractivity contribution in [2.45, 2.75) is 0 Å². The number of benzene rings is 12. The topological polar surface area (TPSA) is 13.1 Å². The van der Waals surface area contributed by atoms with Crippen molar-refractivity contribution >= 4 is 60.7 Å². The van der Waals surface area contributed by atoms with Gasteiger partial charge in [-0.1, -0.05) is 231 Å². The van der Waals surface area contributed by atoms with Crippen LogP contribution >= 0.6 is 0 Å². The zero-order chi connectivity index (χ0) is 49.7. The Bertz CT molecular complexity index is 4270. The van der Waals surface area contributed by atoms with Gasteiger partial charge in [0.1, 0.15) is 0 Å². The molecule has 0 fully saturated rings. The number of fused-ring (bicyclic) bond motifs is 6. The summed E-state index contributed by atoms with van der Waals surface area (Å²) < 4.78 is 4.83. The zero-order valence-electron chi connectivity index (χ0n) is 41.1. The summed E-state index contributed by atoms with van der Waals surface area (Å²) in [6, 6.07) is 108. The van der Waals surface area contributed by atoms with Gasteiger partial charge in [-0.15, -0.1) is 0 Å². The molecule has 2 aromatic heterocycles. The van der Waals surface area contributed by atoms with Crippen LogP contribution in [0.3, 0.4) is 0 Å². The summed E-state index contributed by atoms with van der Waals surface area (Å²) in [6.07, 6.45) is 0. The van der Waals surface area contributed by atoms with E-state index in [1.54, 1.807) is 0 Å². The van der Waals surface area contributed by atoms with E-state index in [2.05, 4.69) is 311 Å².